The van der Waals surface area contributed by atoms with Crippen molar-refractivity contribution in [3.63, 3.8) is 0 Å². The fraction of sp³-hybridized carbons (Fsp3) is 0.125. The summed E-state index contributed by atoms with van der Waals surface area (Å²) in [4.78, 5) is 39.6. The lowest BCUT2D eigenvalue weighted by molar-refractivity contribution is -0.385. The molecular formula is C16H14N2O10. The van der Waals surface area contributed by atoms with Gasteiger partial charge in [-0.05, 0) is 24.5 Å². The van der Waals surface area contributed by atoms with Gasteiger partial charge in [0.25, 0.3) is 11.4 Å². The Labute approximate surface area is 156 Å². The van der Waals surface area contributed by atoms with Crippen LogP contribution in [0.4, 0.5) is 21.0 Å². The van der Waals surface area contributed by atoms with Gasteiger partial charge in [0.15, 0.2) is 0 Å². The van der Waals surface area contributed by atoms with Crippen molar-refractivity contribution in [2.24, 2.45) is 0 Å². The number of carboxylic acid groups (broad SMARTS) is 3. The van der Waals surface area contributed by atoms with Crippen molar-refractivity contribution in [1.29, 1.82) is 0 Å². The molecule has 2 aromatic carbocycles. The molecule has 3 N–H and O–H groups in total. The van der Waals surface area contributed by atoms with Crippen molar-refractivity contribution in [2.45, 2.75) is 12.8 Å². The first-order valence-electron chi connectivity index (χ1n) is 7.43. The van der Waals surface area contributed by atoms with E-state index in [-0.39, 0.29) is 23.5 Å². The van der Waals surface area contributed by atoms with Crippen molar-refractivity contribution in [2.75, 3.05) is 0 Å². The first-order chi connectivity index (χ1) is 13.1. The number of nitro benzene ring substituents is 2. The number of rotatable bonds is 6. The summed E-state index contributed by atoms with van der Waals surface area (Å²) in [6, 6.07) is 9.52. The molecule has 0 aromatic heterocycles. The maximum atomic E-state index is 10.8. The fourth-order valence-corrected chi connectivity index (χ4v) is 2.13. The molecule has 0 radical (unpaired) electrons. The quantitative estimate of drug-likeness (QED) is 0.282. The monoisotopic (exact) mass is 394 g/mol. The lowest BCUT2D eigenvalue weighted by Gasteiger charge is -2.08. The summed E-state index contributed by atoms with van der Waals surface area (Å²) in [5, 5.41) is 44.1. The summed E-state index contributed by atoms with van der Waals surface area (Å²) < 4.78 is 4.62. The highest BCUT2D eigenvalue weighted by Crippen LogP contribution is 2.26. The van der Waals surface area contributed by atoms with Gasteiger partial charge in [0.05, 0.1) is 9.85 Å². The minimum absolute atomic E-state index is 0.0232. The van der Waals surface area contributed by atoms with Crippen LogP contribution in [0.5, 0.6) is 5.75 Å². The summed E-state index contributed by atoms with van der Waals surface area (Å²) >= 11 is 0. The number of aryl methyl sites for hydroxylation is 2. The zero-order chi connectivity index (χ0) is 21.3. The number of ether oxygens (including phenoxy) is 1. The van der Waals surface area contributed by atoms with Gasteiger partial charge in [-0.25, -0.2) is 9.59 Å². The standard InChI is InChI=1S/C15H12N2O7.CH2O3/c18-15(19)24-14-8-7-13(17(22)23)9-11(14)4-1-10-2-5-12(6-3-10)16(20)21;2-1(3)4/h2-3,5-9H,1,4H2,(H,18,19);(H2,2,3,4). The van der Waals surface area contributed by atoms with Crippen LogP contribution in [0.2, 0.25) is 0 Å². The minimum atomic E-state index is -1.83. The lowest BCUT2D eigenvalue weighted by Crippen LogP contribution is -2.06. The third-order valence-electron chi connectivity index (χ3n) is 3.28. The Kier molecular flexibility index (Phi) is 7.84. The van der Waals surface area contributed by atoms with Crippen LogP contribution in [-0.4, -0.2) is 37.5 Å². The van der Waals surface area contributed by atoms with E-state index in [1.807, 2.05) is 0 Å². The van der Waals surface area contributed by atoms with Crippen LogP contribution in [0.15, 0.2) is 42.5 Å². The van der Waals surface area contributed by atoms with E-state index in [1.54, 1.807) is 12.1 Å². The van der Waals surface area contributed by atoms with Crippen LogP contribution in [0.1, 0.15) is 11.1 Å². The summed E-state index contributed by atoms with van der Waals surface area (Å²) in [6.07, 6.45) is -2.66. The van der Waals surface area contributed by atoms with Gasteiger partial charge in [0.1, 0.15) is 5.75 Å². The second-order valence-electron chi connectivity index (χ2n) is 5.12. The van der Waals surface area contributed by atoms with E-state index in [0.29, 0.717) is 12.0 Å². The van der Waals surface area contributed by atoms with Gasteiger partial charge in [-0.3, -0.25) is 20.2 Å². The number of nitro groups is 2. The molecule has 0 aliphatic heterocycles. The van der Waals surface area contributed by atoms with Crippen molar-refractivity contribution in [1.82, 2.24) is 0 Å². The third-order valence-corrected chi connectivity index (χ3v) is 3.28. The average molecular weight is 394 g/mol. The van der Waals surface area contributed by atoms with E-state index in [9.17, 15) is 25.0 Å². The number of nitrogens with zero attached hydrogens (tertiary/aromatic N) is 2. The molecule has 0 aliphatic rings. The molecule has 2 rings (SSSR count). The van der Waals surface area contributed by atoms with Crippen molar-refractivity contribution >= 4 is 23.7 Å². The van der Waals surface area contributed by atoms with Gasteiger partial charge in [-0.15, -0.1) is 0 Å². The van der Waals surface area contributed by atoms with Crippen LogP contribution in [0.25, 0.3) is 0 Å². The molecule has 0 aliphatic carbocycles. The normalized spacial score (nSPS) is 9.57. The Morgan fingerprint density at radius 2 is 1.36 bits per heavy atom. The molecule has 0 fully saturated rings. The molecule has 0 spiro atoms. The predicted molar refractivity (Wildman–Crippen MR) is 92.9 cm³/mol. The highest BCUT2D eigenvalue weighted by molar-refractivity contribution is 5.62. The molecule has 0 heterocycles. The van der Waals surface area contributed by atoms with E-state index in [4.69, 9.17) is 20.1 Å². The van der Waals surface area contributed by atoms with E-state index < -0.39 is 22.2 Å². The molecule has 28 heavy (non-hydrogen) atoms. The van der Waals surface area contributed by atoms with Crippen molar-refractivity contribution < 1.29 is 39.5 Å². The van der Waals surface area contributed by atoms with Crippen molar-refractivity contribution in [3.05, 3.63) is 73.8 Å². The van der Waals surface area contributed by atoms with E-state index >= 15 is 0 Å². The summed E-state index contributed by atoms with van der Waals surface area (Å²) in [6.45, 7) is 0. The molecule has 0 saturated heterocycles. The van der Waals surface area contributed by atoms with E-state index in [1.165, 1.54) is 24.3 Å². The van der Waals surface area contributed by atoms with Gasteiger partial charge in [-0.1, -0.05) is 12.1 Å². The maximum Gasteiger partial charge on any atom is 0.511 e. The van der Waals surface area contributed by atoms with Gasteiger partial charge < -0.3 is 20.1 Å². The van der Waals surface area contributed by atoms with Gasteiger partial charge >= 0.3 is 12.3 Å². The highest BCUT2D eigenvalue weighted by Gasteiger charge is 2.14. The number of non-ortho nitro benzene ring substituents is 2. The smallest absolute Gasteiger partial charge is 0.450 e. The second-order valence-corrected chi connectivity index (χ2v) is 5.12. The van der Waals surface area contributed by atoms with Gasteiger partial charge in [-0.2, -0.15) is 0 Å². The highest BCUT2D eigenvalue weighted by atomic mass is 16.7. The Bertz CT molecular complexity index is 875. The molecule has 2 aromatic rings. The van der Waals surface area contributed by atoms with E-state index in [0.717, 1.165) is 11.6 Å². The van der Waals surface area contributed by atoms with E-state index in [2.05, 4.69) is 4.74 Å². The summed E-state index contributed by atoms with van der Waals surface area (Å²) in [7, 11) is 0. The molecule has 12 heteroatoms. The van der Waals surface area contributed by atoms with Crippen LogP contribution in [0.3, 0.4) is 0 Å². The van der Waals surface area contributed by atoms with Crippen LogP contribution in [-0.2, 0) is 12.8 Å². The number of hydrogen-bond donors (Lipinski definition) is 3. The summed E-state index contributed by atoms with van der Waals surface area (Å²) in [5.74, 6) is 0.0232. The zero-order valence-corrected chi connectivity index (χ0v) is 14.0. The average Bonchev–Trinajstić information content (AvgIpc) is 2.60. The molecule has 12 nitrogen and oxygen atoms in total. The molecule has 0 unspecified atom stereocenters. The number of benzene rings is 2. The second kappa shape index (κ2) is 10.1. The topological polar surface area (TPSA) is 190 Å². The first kappa shape index (κ1) is 21.8. The van der Waals surface area contributed by atoms with Crippen LogP contribution in [0, 0.1) is 20.2 Å². The van der Waals surface area contributed by atoms with Crippen LogP contribution >= 0.6 is 0 Å². The third kappa shape index (κ3) is 7.35. The van der Waals surface area contributed by atoms with Crippen LogP contribution < -0.4 is 4.74 Å². The SMILES string of the molecule is O=C(O)O.O=C(O)Oc1ccc([N+](=O)[O-])cc1CCc1ccc([N+](=O)[O-])cc1. The molecule has 0 amide bonds. The Morgan fingerprint density at radius 3 is 1.82 bits per heavy atom. The molecule has 148 valence electrons. The Balaban J connectivity index is 0.000000892. The van der Waals surface area contributed by atoms with Gasteiger partial charge in [0, 0.05) is 29.8 Å². The number of hydrogen-bond acceptors (Lipinski definition) is 7. The largest absolute Gasteiger partial charge is 0.511 e. The molecule has 0 atom stereocenters. The Hall–Kier alpha value is -4.22. The van der Waals surface area contributed by atoms with Crippen molar-refractivity contribution in [3.8, 4) is 5.75 Å². The molecule has 0 saturated carbocycles. The predicted octanol–water partition coefficient (Wildman–Crippen LogP) is 3.57. The molecule has 0 bridgehead atoms. The first-order valence-corrected chi connectivity index (χ1v) is 7.43. The minimum Gasteiger partial charge on any atom is -0.450 e. The fourth-order valence-electron chi connectivity index (χ4n) is 2.13. The lowest BCUT2D eigenvalue weighted by atomic mass is 10.0. The molecular weight excluding hydrogens is 380 g/mol. The summed E-state index contributed by atoms with van der Waals surface area (Å²) in [5.41, 5.74) is 0.925. The Morgan fingerprint density at radius 1 is 0.857 bits per heavy atom. The maximum absolute atomic E-state index is 10.8. The zero-order valence-electron chi connectivity index (χ0n) is 14.0. The number of carbonyl (C=O) groups is 2. The van der Waals surface area contributed by atoms with Gasteiger partial charge in [0.2, 0.25) is 0 Å².